The van der Waals surface area contributed by atoms with Gasteiger partial charge in [0.15, 0.2) is 5.96 Å². The van der Waals surface area contributed by atoms with E-state index in [1.807, 2.05) is 36.4 Å². The van der Waals surface area contributed by atoms with Gasteiger partial charge in [0.2, 0.25) is 0 Å². The molecule has 1 aromatic carbocycles. The van der Waals surface area contributed by atoms with E-state index >= 15 is 0 Å². The number of hydrogen-bond acceptors (Lipinski definition) is 4. The van der Waals surface area contributed by atoms with Gasteiger partial charge in [-0.3, -0.25) is 4.99 Å². The molecule has 28 heavy (non-hydrogen) atoms. The number of aliphatic imine (C=N–C) groups is 1. The van der Waals surface area contributed by atoms with Crippen molar-refractivity contribution in [1.29, 1.82) is 0 Å². The number of nitrogens with zero attached hydrogens (tertiary/aromatic N) is 2. The molecule has 0 radical (unpaired) electrons. The van der Waals surface area contributed by atoms with Gasteiger partial charge in [0.05, 0.1) is 19.1 Å². The third-order valence-corrected chi connectivity index (χ3v) is 4.58. The van der Waals surface area contributed by atoms with Gasteiger partial charge in [-0.05, 0) is 30.7 Å². The molecule has 1 aliphatic heterocycles. The molecule has 3 rings (SSSR count). The maximum absolute atomic E-state index is 5.50. The Kier molecular flexibility index (Phi) is 9.19. The maximum atomic E-state index is 5.50. The van der Waals surface area contributed by atoms with Crippen molar-refractivity contribution in [1.82, 2.24) is 10.6 Å². The summed E-state index contributed by atoms with van der Waals surface area (Å²) >= 11 is 0. The number of guanidine groups is 1. The van der Waals surface area contributed by atoms with Crippen molar-refractivity contribution in [2.75, 3.05) is 38.2 Å². The zero-order valence-corrected chi connectivity index (χ0v) is 18.6. The fraction of sp³-hybridized carbons (Fsp3) is 0.381. The molecule has 1 atom stereocenters. The Hall–Kier alpha value is -2.16. The van der Waals surface area contributed by atoms with Crippen molar-refractivity contribution in [3.63, 3.8) is 0 Å². The Bertz CT molecular complexity index is 749. The Balaban J connectivity index is 0.00000280. The lowest BCUT2D eigenvalue weighted by molar-refractivity contribution is 0.415. The maximum Gasteiger partial charge on any atom is 0.191 e. The molecule has 0 aliphatic carbocycles. The van der Waals surface area contributed by atoms with Crippen LogP contribution in [0.15, 0.2) is 64.7 Å². The molecule has 7 heteroatoms. The number of para-hydroxylation sites is 2. The predicted octanol–water partition coefficient (Wildman–Crippen LogP) is 3.45. The number of halogens is 1. The normalized spacial score (nSPS) is 16.4. The minimum Gasteiger partial charge on any atom is -0.495 e. The summed E-state index contributed by atoms with van der Waals surface area (Å²) in [6.07, 6.45) is 5.36. The number of hydrogen-bond donors (Lipinski definition) is 2. The summed E-state index contributed by atoms with van der Waals surface area (Å²) in [5.74, 6) is 2.67. The molecule has 0 saturated carbocycles. The molecule has 0 spiro atoms. The van der Waals surface area contributed by atoms with Gasteiger partial charge in [0.1, 0.15) is 11.5 Å². The highest BCUT2D eigenvalue weighted by atomic mass is 127. The first kappa shape index (κ1) is 22.1. The first-order chi connectivity index (χ1) is 13.3. The molecule has 2 heterocycles. The van der Waals surface area contributed by atoms with Gasteiger partial charge in [0, 0.05) is 38.6 Å². The molecule has 2 N–H and O–H groups in total. The number of rotatable bonds is 8. The number of methoxy groups -OCH3 is 1. The number of furan rings is 1. The number of ether oxygens (including phenoxy) is 1. The van der Waals surface area contributed by atoms with Crippen molar-refractivity contribution in [2.24, 2.45) is 4.99 Å². The highest BCUT2D eigenvalue weighted by molar-refractivity contribution is 14.0. The summed E-state index contributed by atoms with van der Waals surface area (Å²) in [5, 5.41) is 6.85. The Labute approximate surface area is 184 Å². The average molecular weight is 496 g/mol. The molecule has 6 nitrogen and oxygen atoms in total. The lowest BCUT2D eigenvalue weighted by atomic mass is 10.2. The van der Waals surface area contributed by atoms with Crippen molar-refractivity contribution < 1.29 is 9.15 Å². The van der Waals surface area contributed by atoms with Crippen LogP contribution in [0, 0.1) is 0 Å². The van der Waals surface area contributed by atoms with E-state index in [0.717, 1.165) is 49.1 Å². The van der Waals surface area contributed by atoms with Gasteiger partial charge in [-0.2, -0.15) is 0 Å². The summed E-state index contributed by atoms with van der Waals surface area (Å²) in [5.41, 5.74) is 1.14. The summed E-state index contributed by atoms with van der Waals surface area (Å²) in [6.45, 7) is 7.01. The van der Waals surface area contributed by atoms with Crippen LogP contribution < -0.4 is 20.3 Å². The fourth-order valence-corrected chi connectivity index (χ4v) is 3.24. The van der Waals surface area contributed by atoms with Crippen LogP contribution in [-0.2, 0) is 6.42 Å². The van der Waals surface area contributed by atoms with Crippen LogP contribution >= 0.6 is 24.0 Å². The van der Waals surface area contributed by atoms with E-state index in [-0.39, 0.29) is 24.0 Å². The van der Waals surface area contributed by atoms with Gasteiger partial charge in [-0.1, -0.05) is 18.2 Å². The van der Waals surface area contributed by atoms with Crippen molar-refractivity contribution >= 4 is 35.6 Å². The van der Waals surface area contributed by atoms with E-state index in [1.165, 1.54) is 0 Å². The van der Waals surface area contributed by atoms with Crippen LogP contribution in [0.4, 0.5) is 5.69 Å². The molecule has 1 unspecified atom stereocenters. The quantitative estimate of drug-likeness (QED) is 0.254. The van der Waals surface area contributed by atoms with Crippen LogP contribution in [0.25, 0.3) is 0 Å². The molecule has 0 amide bonds. The van der Waals surface area contributed by atoms with Crippen molar-refractivity contribution in [3.8, 4) is 5.75 Å². The van der Waals surface area contributed by atoms with Crippen LogP contribution in [0.5, 0.6) is 5.75 Å². The third kappa shape index (κ3) is 6.19. The summed E-state index contributed by atoms with van der Waals surface area (Å²) < 4.78 is 10.9. The average Bonchev–Trinajstić information content (AvgIpc) is 3.38. The summed E-state index contributed by atoms with van der Waals surface area (Å²) in [7, 11) is 1.72. The van der Waals surface area contributed by atoms with Crippen LogP contribution in [0.1, 0.15) is 12.2 Å². The van der Waals surface area contributed by atoms with E-state index in [1.54, 1.807) is 13.4 Å². The first-order valence-corrected chi connectivity index (χ1v) is 9.36. The molecular formula is C21H29IN4O2. The zero-order valence-electron chi connectivity index (χ0n) is 16.3. The van der Waals surface area contributed by atoms with Crippen LogP contribution in [0.3, 0.4) is 0 Å². The van der Waals surface area contributed by atoms with Gasteiger partial charge < -0.3 is 24.7 Å². The van der Waals surface area contributed by atoms with E-state index in [0.29, 0.717) is 19.1 Å². The topological polar surface area (TPSA) is 62.0 Å². The minimum atomic E-state index is 0. The van der Waals surface area contributed by atoms with E-state index in [9.17, 15) is 0 Å². The third-order valence-electron chi connectivity index (χ3n) is 4.58. The number of benzene rings is 1. The van der Waals surface area contributed by atoms with E-state index in [4.69, 9.17) is 9.15 Å². The van der Waals surface area contributed by atoms with Gasteiger partial charge in [0.25, 0.3) is 0 Å². The fourth-order valence-electron chi connectivity index (χ4n) is 3.24. The molecule has 0 bridgehead atoms. The largest absolute Gasteiger partial charge is 0.495 e. The lowest BCUT2D eigenvalue weighted by Crippen LogP contribution is -2.44. The standard InChI is InChI=1S/C21H28N4O2.HI/c1-3-12-22-21(23-13-10-18-7-6-15-27-18)24-17-11-14-25(16-17)19-8-4-5-9-20(19)26-2;/h3-9,15,17H,1,10-14,16H2,2H3,(H2,22,23,24);1H. The Morgan fingerprint density at radius 3 is 2.96 bits per heavy atom. The Morgan fingerprint density at radius 2 is 2.21 bits per heavy atom. The smallest absolute Gasteiger partial charge is 0.191 e. The lowest BCUT2D eigenvalue weighted by Gasteiger charge is -2.22. The van der Waals surface area contributed by atoms with Crippen LogP contribution in [-0.4, -0.2) is 45.3 Å². The predicted molar refractivity (Wildman–Crippen MR) is 125 cm³/mol. The Morgan fingerprint density at radius 1 is 1.36 bits per heavy atom. The zero-order chi connectivity index (χ0) is 18.9. The second kappa shape index (κ2) is 11.6. The molecule has 1 aromatic heterocycles. The van der Waals surface area contributed by atoms with Gasteiger partial charge in [-0.15, -0.1) is 30.6 Å². The van der Waals surface area contributed by atoms with E-state index < -0.39 is 0 Å². The second-order valence-corrected chi connectivity index (χ2v) is 6.48. The minimum absolute atomic E-state index is 0. The molecule has 2 aromatic rings. The number of anilines is 1. The SMILES string of the molecule is C=CCNC(=NCCc1ccco1)NC1CCN(c2ccccc2OC)C1.I. The van der Waals surface area contributed by atoms with E-state index in [2.05, 4.69) is 33.2 Å². The second-order valence-electron chi connectivity index (χ2n) is 6.48. The van der Waals surface area contributed by atoms with Crippen LogP contribution in [0.2, 0.25) is 0 Å². The molecule has 152 valence electrons. The number of nitrogens with one attached hydrogen (secondary N) is 2. The highest BCUT2D eigenvalue weighted by Crippen LogP contribution is 2.30. The molecule has 1 fully saturated rings. The van der Waals surface area contributed by atoms with Gasteiger partial charge in [-0.25, -0.2) is 0 Å². The summed E-state index contributed by atoms with van der Waals surface area (Å²) in [4.78, 5) is 7.03. The molecular weight excluding hydrogens is 467 g/mol. The first-order valence-electron chi connectivity index (χ1n) is 9.36. The van der Waals surface area contributed by atoms with Gasteiger partial charge >= 0.3 is 0 Å². The highest BCUT2D eigenvalue weighted by Gasteiger charge is 2.25. The monoisotopic (exact) mass is 496 g/mol. The molecule has 1 saturated heterocycles. The summed E-state index contributed by atoms with van der Waals surface area (Å²) in [6, 6.07) is 12.4. The van der Waals surface area contributed by atoms with Crippen molar-refractivity contribution in [3.05, 3.63) is 61.1 Å². The van der Waals surface area contributed by atoms with Crippen molar-refractivity contribution in [2.45, 2.75) is 18.9 Å². The molecule has 1 aliphatic rings.